The number of methoxy groups -OCH3 is 2. The molecule has 0 heterocycles. The number of hydrogen-bond acceptors (Lipinski definition) is 6. The first-order valence-corrected chi connectivity index (χ1v) is 29.6. The van der Waals surface area contributed by atoms with Crippen molar-refractivity contribution in [2.45, 2.75) is 197 Å². The van der Waals surface area contributed by atoms with Crippen molar-refractivity contribution in [3.63, 3.8) is 0 Å². The van der Waals surface area contributed by atoms with E-state index in [2.05, 4.69) is 81.1 Å². The summed E-state index contributed by atoms with van der Waals surface area (Å²) < 4.78 is 16.8. The monoisotopic (exact) mass is 877 g/mol. The van der Waals surface area contributed by atoms with Crippen LogP contribution < -0.4 is 0 Å². The maximum atomic E-state index is 13.5. The van der Waals surface area contributed by atoms with Crippen molar-refractivity contribution in [2.75, 3.05) is 14.2 Å². The Morgan fingerprint density at radius 1 is 0.645 bits per heavy atom. The van der Waals surface area contributed by atoms with Crippen LogP contribution in [0.2, 0.25) is 19.6 Å². The standard InChI is InChI=1S/C29H50O3Si.C26H42O3/c1-19-13-15-28(3)21(17-19)18-25(32-33(6,7)8)27-23-11-10-22(20(2)9-12-26(30)31-5)29(23,4)16-14-24(27)28;1-16-10-12-25(3)18(14-16)15-22(27)24-20-8-7-19(17(2)6-9-23(28)29-5)26(20,4)13-11-21(24)25/h18-24,27H,9-17H2,1-8H3;16-21,24H,6-15H2,1-5H3/t19-,20-,21?,22?,23?,24?,27?,28+,29-;16-,17-,18?,19?,20?,21?,24?,25+,26-/m11/s1. The zero-order chi connectivity index (χ0) is 45.2. The number of ether oxygens (including phenoxy) is 2. The lowest BCUT2D eigenvalue weighted by Gasteiger charge is -2.60. The first-order valence-electron chi connectivity index (χ1n) is 26.2. The maximum absolute atomic E-state index is 13.5. The SMILES string of the molecule is COC(=O)CC[C@@H](C)C1CCC2C3C(=O)CC4C[C@H](C)CC[C@]4(C)C3CC[C@@]21C.COC(=O)CC[C@@H](C)C1CCC2C3C(O[Si](C)(C)C)=CC4C[C@H](C)CC[C@]4(C)C3CC[C@@]21C. The van der Waals surface area contributed by atoms with Crippen LogP contribution in [0.25, 0.3) is 0 Å². The minimum Gasteiger partial charge on any atom is -0.547 e. The van der Waals surface area contributed by atoms with E-state index in [1.165, 1.54) is 110 Å². The number of fused-ring (bicyclic) bond motifs is 10. The van der Waals surface area contributed by atoms with Gasteiger partial charge in [0.15, 0.2) is 0 Å². The van der Waals surface area contributed by atoms with Crippen LogP contribution in [0.4, 0.5) is 0 Å². The summed E-state index contributed by atoms with van der Waals surface area (Å²) in [5.74, 6) is 10.8. The van der Waals surface area contributed by atoms with Crippen molar-refractivity contribution >= 4 is 26.0 Å². The molecule has 0 aromatic carbocycles. The molecule has 0 radical (unpaired) electrons. The van der Waals surface area contributed by atoms with Crippen molar-refractivity contribution in [1.82, 2.24) is 0 Å². The third-order valence-corrected chi connectivity index (χ3v) is 22.1. The molecule has 18 atom stereocenters. The number of esters is 2. The van der Waals surface area contributed by atoms with Crippen LogP contribution in [0.15, 0.2) is 11.8 Å². The number of carbonyl (C=O) groups excluding carboxylic acids is 3. The van der Waals surface area contributed by atoms with Gasteiger partial charge in [-0.25, -0.2) is 0 Å². The smallest absolute Gasteiger partial charge is 0.305 e. The summed E-state index contributed by atoms with van der Waals surface area (Å²) >= 11 is 0. The Labute approximate surface area is 380 Å². The van der Waals surface area contributed by atoms with Gasteiger partial charge in [-0.2, -0.15) is 0 Å². The van der Waals surface area contributed by atoms with Crippen LogP contribution in [0, 0.1) is 105 Å². The minimum atomic E-state index is -1.68. The highest BCUT2D eigenvalue weighted by Gasteiger charge is 2.64. The van der Waals surface area contributed by atoms with Gasteiger partial charge in [0.05, 0.1) is 20.0 Å². The summed E-state index contributed by atoms with van der Waals surface area (Å²) in [6.45, 7) is 26.9. The fraction of sp³-hybridized carbons (Fsp3) is 0.909. The van der Waals surface area contributed by atoms with E-state index in [9.17, 15) is 14.4 Å². The maximum Gasteiger partial charge on any atom is 0.305 e. The summed E-state index contributed by atoms with van der Waals surface area (Å²) in [5.41, 5.74) is 1.47. The largest absolute Gasteiger partial charge is 0.547 e. The van der Waals surface area contributed by atoms with Crippen LogP contribution in [0.5, 0.6) is 0 Å². The van der Waals surface area contributed by atoms with Crippen molar-refractivity contribution < 1.29 is 28.3 Å². The summed E-state index contributed by atoms with van der Waals surface area (Å²) in [4.78, 5) is 36.9. The average molecular weight is 877 g/mol. The van der Waals surface area contributed by atoms with E-state index in [-0.39, 0.29) is 17.4 Å². The quantitative estimate of drug-likeness (QED) is 0.161. The lowest BCUT2D eigenvalue weighted by molar-refractivity contribution is -0.158. The molecule has 0 saturated heterocycles. The van der Waals surface area contributed by atoms with E-state index in [1.807, 2.05) is 0 Å². The molecular weight excluding hydrogens is 785 g/mol. The van der Waals surface area contributed by atoms with Crippen LogP contribution in [-0.4, -0.2) is 40.3 Å². The Morgan fingerprint density at radius 3 is 1.61 bits per heavy atom. The number of ketones is 1. The fourth-order valence-electron chi connectivity index (χ4n) is 17.7. The number of hydrogen-bond donors (Lipinski definition) is 0. The highest BCUT2D eigenvalue weighted by molar-refractivity contribution is 6.70. The zero-order valence-corrected chi connectivity index (χ0v) is 43.0. The highest BCUT2D eigenvalue weighted by atomic mass is 28.4. The van der Waals surface area contributed by atoms with Crippen molar-refractivity contribution in [3.8, 4) is 0 Å². The molecule has 8 aliphatic rings. The zero-order valence-electron chi connectivity index (χ0n) is 42.0. The van der Waals surface area contributed by atoms with Crippen molar-refractivity contribution in [2.24, 2.45) is 105 Å². The predicted octanol–water partition coefficient (Wildman–Crippen LogP) is 13.9. The fourth-order valence-corrected chi connectivity index (χ4v) is 18.6. The molecule has 62 heavy (non-hydrogen) atoms. The molecule has 0 N–H and O–H groups in total. The van der Waals surface area contributed by atoms with E-state index < -0.39 is 8.32 Å². The molecule has 0 aromatic rings. The molecule has 8 rings (SSSR count). The van der Waals surface area contributed by atoms with Gasteiger partial charge in [-0.15, -0.1) is 0 Å². The topological polar surface area (TPSA) is 78.9 Å². The molecule has 8 aliphatic carbocycles. The third kappa shape index (κ3) is 8.84. The van der Waals surface area contributed by atoms with Crippen molar-refractivity contribution in [3.05, 3.63) is 11.8 Å². The number of allylic oxidation sites excluding steroid dienone is 2. The number of rotatable bonds is 10. The van der Waals surface area contributed by atoms with E-state index >= 15 is 0 Å². The first-order chi connectivity index (χ1) is 29.1. The molecule has 0 aliphatic heterocycles. The van der Waals surface area contributed by atoms with Gasteiger partial charge in [0.2, 0.25) is 8.32 Å². The van der Waals surface area contributed by atoms with Gasteiger partial charge in [0, 0.05) is 31.1 Å². The lowest BCUT2D eigenvalue weighted by Crippen LogP contribution is -2.57. The summed E-state index contributed by atoms with van der Waals surface area (Å²) in [6, 6.07) is 0. The van der Waals surface area contributed by atoms with Crippen LogP contribution in [0.3, 0.4) is 0 Å². The predicted molar refractivity (Wildman–Crippen MR) is 253 cm³/mol. The Bertz CT molecular complexity index is 1670. The number of Topliss-reactive ketones (excluding diaryl/α,β-unsaturated/α-hetero) is 1. The second-order valence-electron chi connectivity index (χ2n) is 25.6. The third-order valence-electron chi connectivity index (χ3n) is 21.2. The molecule has 0 amide bonds. The van der Waals surface area contributed by atoms with E-state index in [4.69, 9.17) is 13.9 Å². The molecule has 6 nitrogen and oxygen atoms in total. The Morgan fingerprint density at radius 2 is 1.10 bits per heavy atom. The Kier molecular flexibility index (Phi) is 14.2. The summed E-state index contributed by atoms with van der Waals surface area (Å²) in [7, 11) is 1.32. The normalized spacial score (nSPS) is 45.5. The molecular formula is C55H92O6Si. The van der Waals surface area contributed by atoms with Gasteiger partial charge in [0.1, 0.15) is 5.78 Å². The minimum absolute atomic E-state index is 0.0585. The van der Waals surface area contributed by atoms with Gasteiger partial charge in [0.25, 0.3) is 0 Å². The average Bonchev–Trinajstić information content (AvgIpc) is 3.76. The summed E-state index contributed by atoms with van der Waals surface area (Å²) in [5, 5.41) is 0. The van der Waals surface area contributed by atoms with Gasteiger partial charge in [-0.05, 0) is 208 Å². The molecule has 7 fully saturated rings. The van der Waals surface area contributed by atoms with Gasteiger partial charge in [-0.3, -0.25) is 14.4 Å². The second-order valence-corrected chi connectivity index (χ2v) is 30.1. The van der Waals surface area contributed by atoms with Crippen molar-refractivity contribution in [1.29, 1.82) is 0 Å². The summed E-state index contributed by atoms with van der Waals surface area (Å²) in [6.07, 6.45) is 24.8. The van der Waals surface area contributed by atoms with Gasteiger partial charge in [-0.1, -0.05) is 68.2 Å². The van der Waals surface area contributed by atoms with E-state index in [0.29, 0.717) is 94.0 Å². The Hall–Kier alpha value is -1.63. The van der Waals surface area contributed by atoms with Crippen LogP contribution in [-0.2, 0) is 28.3 Å². The highest BCUT2D eigenvalue weighted by Crippen LogP contribution is 2.70. The molecule has 10 unspecified atom stereocenters. The molecule has 0 spiro atoms. The van der Waals surface area contributed by atoms with Crippen LogP contribution >= 0.6 is 0 Å². The van der Waals surface area contributed by atoms with Gasteiger partial charge >= 0.3 is 11.9 Å². The van der Waals surface area contributed by atoms with E-state index in [1.54, 1.807) is 0 Å². The lowest BCUT2D eigenvalue weighted by atomic mass is 9.43. The molecule has 0 aromatic heterocycles. The molecule has 7 heteroatoms. The molecule has 0 bridgehead atoms. The number of carbonyl (C=O) groups is 3. The van der Waals surface area contributed by atoms with E-state index in [0.717, 1.165) is 42.9 Å². The molecule has 352 valence electrons. The Balaban J connectivity index is 0.000000188. The molecule has 7 saturated carbocycles. The first kappa shape index (κ1) is 48.3. The van der Waals surface area contributed by atoms with Crippen LogP contribution in [0.1, 0.15) is 177 Å². The second kappa shape index (κ2) is 18.2. The van der Waals surface area contributed by atoms with Gasteiger partial charge < -0.3 is 13.9 Å².